The Morgan fingerprint density at radius 3 is 2.20 bits per heavy atom. The van der Waals surface area contributed by atoms with E-state index >= 15 is 4.39 Å². The first kappa shape index (κ1) is 25.4. The van der Waals surface area contributed by atoms with Crippen LogP contribution < -0.4 is 5.32 Å². The summed E-state index contributed by atoms with van der Waals surface area (Å²) in [6.45, 7) is 22.6. The largest absolute Gasteiger partial charge is 0.416 e. The van der Waals surface area contributed by atoms with Crippen molar-refractivity contribution < 1.29 is 13.2 Å². The lowest BCUT2D eigenvalue weighted by Crippen LogP contribution is -2.49. The van der Waals surface area contributed by atoms with Crippen LogP contribution in [0.25, 0.3) is 0 Å². The van der Waals surface area contributed by atoms with E-state index in [2.05, 4.69) is 89.1 Å². The van der Waals surface area contributed by atoms with Gasteiger partial charge in [0.25, 0.3) is 0 Å². The maximum atomic E-state index is 15.7. The number of nitrogens with zero attached hydrogens (tertiary/aromatic N) is 2. The van der Waals surface area contributed by atoms with Gasteiger partial charge < -0.3 is 14.2 Å². The summed E-state index contributed by atoms with van der Waals surface area (Å²) < 4.78 is 28.8. The van der Waals surface area contributed by atoms with Gasteiger partial charge in [-0.15, -0.1) is 0 Å². The van der Waals surface area contributed by atoms with Crippen molar-refractivity contribution in [3.63, 3.8) is 0 Å². The zero-order valence-corrected chi connectivity index (χ0v) is 22.5. The van der Waals surface area contributed by atoms with Gasteiger partial charge in [0, 0.05) is 24.8 Å². The molecule has 1 heterocycles. The van der Waals surface area contributed by atoms with Gasteiger partial charge in [-0.2, -0.15) is 0 Å². The van der Waals surface area contributed by atoms with Gasteiger partial charge in [0.05, 0.1) is 12.1 Å². The molecular weight excluding hydrogens is 413 g/mol. The maximum Gasteiger partial charge on any atom is 0.192 e. The fourth-order valence-electron chi connectivity index (χ4n) is 3.11. The summed E-state index contributed by atoms with van der Waals surface area (Å²) in [5.74, 6) is 0.525. The van der Waals surface area contributed by atoms with E-state index in [9.17, 15) is 0 Å². The Hall–Kier alpha value is -0.836. The summed E-state index contributed by atoms with van der Waals surface area (Å²) in [6.07, 6.45) is 2.03. The van der Waals surface area contributed by atoms with E-state index in [1.165, 1.54) is 6.33 Å². The summed E-state index contributed by atoms with van der Waals surface area (Å²) in [5, 5.41) is 3.34. The second-order valence-corrected chi connectivity index (χ2v) is 21.2. The average Bonchev–Trinajstić information content (AvgIpc) is 2.87. The molecule has 1 radical (unpaired) electrons. The molecule has 30 heavy (non-hydrogen) atoms. The molecule has 0 bridgehead atoms. The first-order valence-electron chi connectivity index (χ1n) is 11.0. The number of anilines is 1. The van der Waals surface area contributed by atoms with Crippen molar-refractivity contribution in [1.29, 1.82) is 0 Å². The molecule has 0 aliphatic heterocycles. The minimum atomic E-state index is -2.13. The summed E-state index contributed by atoms with van der Waals surface area (Å²) in [6, 6.07) is 2.56. The number of hydrogen-bond acceptors (Lipinski definition) is 5. The van der Waals surface area contributed by atoms with Gasteiger partial charge in [0.2, 0.25) is 0 Å². The van der Waals surface area contributed by atoms with Crippen molar-refractivity contribution >= 4 is 22.5 Å². The molecule has 1 aromatic rings. The quantitative estimate of drug-likeness (QED) is 0.526. The predicted octanol–water partition coefficient (Wildman–Crippen LogP) is 5.83. The molecule has 1 N–H and O–H groups in total. The molecule has 1 aliphatic carbocycles. The van der Waals surface area contributed by atoms with Crippen molar-refractivity contribution in [2.75, 3.05) is 11.9 Å². The van der Waals surface area contributed by atoms with Crippen LogP contribution in [0.2, 0.25) is 36.3 Å². The molecule has 5 nitrogen and oxygen atoms in total. The van der Waals surface area contributed by atoms with Crippen molar-refractivity contribution in [3.8, 4) is 0 Å². The average molecular weight is 455 g/mol. The minimum absolute atomic E-state index is 0.00240. The van der Waals surface area contributed by atoms with Crippen LogP contribution >= 0.6 is 0 Å². The van der Waals surface area contributed by atoms with Crippen molar-refractivity contribution in [2.24, 2.45) is 5.92 Å². The Labute approximate surface area is 184 Å². The molecule has 0 unspecified atom stereocenters. The monoisotopic (exact) mass is 454 g/mol. The van der Waals surface area contributed by atoms with E-state index in [4.69, 9.17) is 8.85 Å². The first-order valence-corrected chi connectivity index (χ1v) is 16.8. The van der Waals surface area contributed by atoms with Crippen LogP contribution in [-0.2, 0) is 8.85 Å². The smallest absolute Gasteiger partial charge is 0.192 e. The van der Waals surface area contributed by atoms with Crippen molar-refractivity contribution in [1.82, 2.24) is 9.97 Å². The zero-order valence-electron chi connectivity index (χ0n) is 20.5. The standard InChI is InChI=1S/C22H41FN3O2Si2/c1-21(2,3)29(7,8)27-14-16-13-17(26-18-11-12-24-15-25-18)19(23)20(16)28-30(9,10)22(4,5)6/h12,15-17,19-20H,13-14H2,1-10H3,(H,24,25,26)/t16-,17-,19-,20-/m1/s1. The fourth-order valence-corrected chi connectivity index (χ4v) is 5.53. The lowest BCUT2D eigenvalue weighted by molar-refractivity contribution is 0.0551. The zero-order chi connectivity index (χ0) is 23.0. The highest BCUT2D eigenvalue weighted by molar-refractivity contribution is 6.74. The lowest BCUT2D eigenvalue weighted by Gasteiger charge is -2.41. The van der Waals surface area contributed by atoms with E-state index in [0.717, 1.165) is 0 Å². The van der Waals surface area contributed by atoms with Crippen LogP contribution in [0.1, 0.15) is 48.0 Å². The van der Waals surface area contributed by atoms with Crippen LogP contribution in [0.15, 0.2) is 12.5 Å². The van der Waals surface area contributed by atoms with Gasteiger partial charge in [0.1, 0.15) is 18.3 Å². The molecule has 0 amide bonds. The van der Waals surface area contributed by atoms with Crippen LogP contribution in [0.5, 0.6) is 0 Å². The maximum absolute atomic E-state index is 15.7. The Kier molecular flexibility index (Phi) is 7.59. The third-order valence-electron chi connectivity index (χ3n) is 7.27. The summed E-state index contributed by atoms with van der Waals surface area (Å²) in [4.78, 5) is 8.05. The van der Waals surface area contributed by atoms with Gasteiger partial charge >= 0.3 is 0 Å². The minimum Gasteiger partial charge on any atom is -0.416 e. The molecule has 1 saturated carbocycles. The molecule has 8 heteroatoms. The summed E-state index contributed by atoms with van der Waals surface area (Å²) in [7, 11) is -4.06. The molecule has 0 spiro atoms. The number of halogens is 1. The Bertz CT molecular complexity index is 690. The number of hydrogen-bond donors (Lipinski definition) is 1. The predicted molar refractivity (Wildman–Crippen MR) is 127 cm³/mol. The molecule has 0 saturated heterocycles. The second-order valence-electron chi connectivity index (χ2n) is 11.6. The van der Waals surface area contributed by atoms with Crippen LogP contribution in [0.4, 0.5) is 10.2 Å². The topological polar surface area (TPSA) is 56.3 Å². The highest BCUT2D eigenvalue weighted by Gasteiger charge is 2.50. The van der Waals surface area contributed by atoms with Gasteiger partial charge in [0.15, 0.2) is 16.6 Å². The van der Waals surface area contributed by atoms with Gasteiger partial charge in [-0.3, -0.25) is 0 Å². The number of aromatic nitrogens is 2. The highest BCUT2D eigenvalue weighted by atomic mass is 28.4. The highest BCUT2D eigenvalue weighted by Crippen LogP contribution is 2.43. The summed E-state index contributed by atoms with van der Waals surface area (Å²) in [5.41, 5.74) is 0. The third kappa shape index (κ3) is 5.89. The second kappa shape index (κ2) is 8.96. The molecule has 171 valence electrons. The Morgan fingerprint density at radius 1 is 1.10 bits per heavy atom. The van der Waals surface area contributed by atoms with E-state index in [1.54, 1.807) is 6.20 Å². The SMILES string of the molecule is CC(C)(C)[Si](C)(C)OC[C@H]1C[C@@H](Nc2[c]cncn2)[C@@H](F)[C@@H]1O[Si](C)(C)C(C)(C)C. The van der Waals surface area contributed by atoms with Crippen molar-refractivity contribution in [2.45, 2.75) is 103 Å². The lowest BCUT2D eigenvalue weighted by atomic mass is 10.1. The number of alkyl halides is 1. The fraction of sp³-hybridized carbons (Fsp3) is 0.818. The van der Waals surface area contributed by atoms with Crippen LogP contribution in [0.3, 0.4) is 0 Å². The Morgan fingerprint density at radius 2 is 1.70 bits per heavy atom. The van der Waals surface area contributed by atoms with E-state index < -0.39 is 28.9 Å². The van der Waals surface area contributed by atoms with E-state index in [0.29, 0.717) is 18.8 Å². The van der Waals surface area contributed by atoms with Crippen molar-refractivity contribution in [3.05, 3.63) is 18.6 Å². The Balaban J connectivity index is 2.21. The van der Waals surface area contributed by atoms with Crippen LogP contribution in [-0.4, -0.2) is 51.5 Å². The third-order valence-corrected chi connectivity index (χ3v) is 16.2. The molecule has 4 atom stereocenters. The van der Waals surface area contributed by atoms with Gasteiger partial charge in [-0.05, 0) is 42.7 Å². The summed E-state index contributed by atoms with van der Waals surface area (Å²) >= 11 is 0. The number of nitrogens with one attached hydrogen (secondary N) is 1. The first-order chi connectivity index (χ1) is 13.6. The van der Waals surface area contributed by atoms with Crippen LogP contribution in [0, 0.1) is 12.0 Å². The normalized spacial score (nSPS) is 26.1. The van der Waals surface area contributed by atoms with E-state index in [-0.39, 0.29) is 22.0 Å². The molecular formula is C22H41FN3O2Si2. The molecule has 1 aliphatic rings. The molecule has 2 rings (SSSR count). The molecule has 0 aromatic carbocycles. The van der Waals surface area contributed by atoms with Gasteiger partial charge in [-0.1, -0.05) is 41.5 Å². The van der Waals surface area contributed by atoms with Gasteiger partial charge in [-0.25, -0.2) is 14.4 Å². The molecule has 1 fully saturated rings. The number of rotatable bonds is 7. The molecule has 1 aromatic heterocycles. The van der Waals surface area contributed by atoms with E-state index in [1.807, 2.05) is 0 Å².